The molecule has 2 N–H and O–H groups in total. The van der Waals surface area contributed by atoms with Gasteiger partial charge in [-0.15, -0.1) is 11.3 Å². The maximum absolute atomic E-state index is 15.6. The zero-order valence-corrected chi connectivity index (χ0v) is 26.7. The molecule has 1 saturated carbocycles. The van der Waals surface area contributed by atoms with Gasteiger partial charge in [0.15, 0.2) is 5.13 Å². The van der Waals surface area contributed by atoms with Crippen LogP contribution in [-0.2, 0) is 21.3 Å². The maximum Gasteiger partial charge on any atom is 0.407 e. The van der Waals surface area contributed by atoms with Gasteiger partial charge < -0.3 is 24.8 Å². The van der Waals surface area contributed by atoms with Crippen molar-refractivity contribution in [3.05, 3.63) is 58.3 Å². The van der Waals surface area contributed by atoms with E-state index in [-0.39, 0.29) is 28.9 Å². The van der Waals surface area contributed by atoms with Crippen LogP contribution >= 0.6 is 22.9 Å². The predicted molar refractivity (Wildman–Crippen MR) is 165 cm³/mol. The number of carbonyl (C=O) groups is 1. The quantitative estimate of drug-likeness (QED) is 0.216. The minimum atomic E-state index is -4.47. The van der Waals surface area contributed by atoms with E-state index < -0.39 is 32.9 Å². The van der Waals surface area contributed by atoms with Crippen LogP contribution in [0.25, 0.3) is 0 Å². The Labute approximate surface area is 260 Å². The molecule has 0 aliphatic heterocycles. The highest BCUT2D eigenvalue weighted by Gasteiger charge is 2.32. The SMILES string of the molecule is CNC(=O)OC(CNc1cc(F)c(S(=O)(=O)N(Cc2ccc(OC)cc2OC)c2nccs2)cc1Cl)CC1CCCCC1. The number of alkyl carbamates (subject to hydrolysis) is 1. The van der Waals surface area contributed by atoms with Gasteiger partial charge in [-0.3, -0.25) is 0 Å². The lowest BCUT2D eigenvalue weighted by Gasteiger charge is -2.27. The number of hydrogen-bond acceptors (Lipinski definition) is 9. The third-order valence-corrected chi connectivity index (χ3v) is 10.3. The first-order valence-corrected chi connectivity index (χ1v) is 16.6. The van der Waals surface area contributed by atoms with E-state index in [1.807, 2.05) is 0 Å². The van der Waals surface area contributed by atoms with Crippen molar-refractivity contribution in [2.75, 3.05) is 37.4 Å². The molecule has 1 aliphatic rings. The van der Waals surface area contributed by atoms with Crippen LogP contribution in [-0.4, -0.2) is 53.4 Å². The molecule has 43 heavy (non-hydrogen) atoms. The van der Waals surface area contributed by atoms with Crippen molar-refractivity contribution in [2.45, 2.75) is 56.1 Å². The van der Waals surface area contributed by atoms with Gasteiger partial charge in [0, 0.05) is 30.3 Å². The molecule has 0 radical (unpaired) electrons. The molecule has 2 aromatic carbocycles. The molecular formula is C29H36ClFN4O6S2. The summed E-state index contributed by atoms with van der Waals surface area (Å²) in [6.07, 6.45) is 6.69. The lowest BCUT2D eigenvalue weighted by atomic mass is 9.85. The van der Waals surface area contributed by atoms with E-state index in [0.717, 1.165) is 53.5 Å². The fourth-order valence-corrected chi connectivity index (χ4v) is 7.75. The van der Waals surface area contributed by atoms with Crippen LogP contribution in [0.1, 0.15) is 44.1 Å². The topological polar surface area (TPSA) is 119 Å². The normalized spacial score (nSPS) is 14.5. The van der Waals surface area contributed by atoms with Crippen LogP contribution < -0.4 is 24.4 Å². The number of amides is 1. The number of rotatable bonds is 13. The first-order chi connectivity index (χ1) is 20.7. The Bertz CT molecular complexity index is 1490. The van der Waals surface area contributed by atoms with Crippen molar-refractivity contribution < 1.29 is 31.8 Å². The molecular weight excluding hydrogens is 619 g/mol. The molecule has 4 rings (SSSR count). The molecule has 0 bridgehead atoms. The van der Waals surface area contributed by atoms with Gasteiger partial charge in [0.25, 0.3) is 10.0 Å². The summed E-state index contributed by atoms with van der Waals surface area (Å²) < 4.78 is 60.7. The Hall–Kier alpha value is -3.29. The summed E-state index contributed by atoms with van der Waals surface area (Å²) in [7, 11) is -0.0133. The molecule has 10 nitrogen and oxygen atoms in total. The number of nitrogens with zero attached hydrogens (tertiary/aromatic N) is 2. The van der Waals surface area contributed by atoms with Gasteiger partial charge >= 0.3 is 6.09 Å². The van der Waals surface area contributed by atoms with Crippen molar-refractivity contribution in [2.24, 2.45) is 5.92 Å². The van der Waals surface area contributed by atoms with Crippen molar-refractivity contribution in [3.8, 4) is 11.5 Å². The second-order valence-corrected chi connectivity index (χ2v) is 13.3. The lowest BCUT2D eigenvalue weighted by molar-refractivity contribution is 0.0857. The Balaban J connectivity index is 1.58. The van der Waals surface area contributed by atoms with Crippen LogP contribution in [0.5, 0.6) is 11.5 Å². The predicted octanol–water partition coefficient (Wildman–Crippen LogP) is 6.46. The lowest BCUT2D eigenvalue weighted by Crippen LogP contribution is -2.33. The molecule has 0 spiro atoms. The molecule has 3 aromatic rings. The second kappa shape index (κ2) is 14.9. The largest absolute Gasteiger partial charge is 0.497 e. The molecule has 234 valence electrons. The van der Waals surface area contributed by atoms with Gasteiger partial charge in [-0.25, -0.2) is 26.9 Å². The molecule has 1 aromatic heterocycles. The van der Waals surface area contributed by atoms with E-state index in [9.17, 15) is 13.2 Å². The molecule has 1 aliphatic carbocycles. The first kappa shape index (κ1) is 32.6. The summed E-state index contributed by atoms with van der Waals surface area (Å²) in [4.78, 5) is 15.5. The second-order valence-electron chi connectivity index (χ2n) is 10.2. The Morgan fingerprint density at radius 1 is 1.19 bits per heavy atom. The van der Waals surface area contributed by atoms with Gasteiger partial charge in [-0.1, -0.05) is 43.7 Å². The fraction of sp³-hybridized carbons (Fsp3) is 0.448. The van der Waals surface area contributed by atoms with E-state index in [0.29, 0.717) is 29.4 Å². The van der Waals surface area contributed by atoms with E-state index >= 15 is 4.39 Å². The number of hydrogen-bond donors (Lipinski definition) is 2. The fourth-order valence-electron chi connectivity index (χ4n) is 5.11. The summed E-state index contributed by atoms with van der Waals surface area (Å²) in [5.41, 5.74) is 0.705. The van der Waals surface area contributed by atoms with E-state index in [1.54, 1.807) is 23.6 Å². The monoisotopic (exact) mass is 654 g/mol. The van der Waals surface area contributed by atoms with Gasteiger partial charge in [-0.2, -0.15) is 0 Å². The van der Waals surface area contributed by atoms with Gasteiger partial charge in [-0.05, 0) is 36.6 Å². The van der Waals surface area contributed by atoms with Crippen molar-refractivity contribution in [1.29, 1.82) is 0 Å². The van der Waals surface area contributed by atoms with E-state index in [2.05, 4.69) is 15.6 Å². The summed E-state index contributed by atoms with van der Waals surface area (Å²) in [6, 6.07) is 7.11. The summed E-state index contributed by atoms with van der Waals surface area (Å²) in [6.45, 7) is -0.00255. The number of anilines is 2. The smallest absolute Gasteiger partial charge is 0.407 e. The van der Waals surface area contributed by atoms with Crippen LogP contribution in [0, 0.1) is 11.7 Å². The van der Waals surface area contributed by atoms with E-state index in [4.69, 9.17) is 25.8 Å². The van der Waals surface area contributed by atoms with Gasteiger partial charge in [0.05, 0.1) is 38.0 Å². The van der Waals surface area contributed by atoms with Crippen molar-refractivity contribution in [1.82, 2.24) is 10.3 Å². The van der Waals surface area contributed by atoms with Crippen LogP contribution in [0.15, 0.2) is 46.8 Å². The molecule has 1 heterocycles. The summed E-state index contributed by atoms with van der Waals surface area (Å²) in [5.74, 6) is 0.361. The van der Waals surface area contributed by atoms with Crippen molar-refractivity contribution in [3.63, 3.8) is 0 Å². The highest BCUT2D eigenvalue weighted by Crippen LogP contribution is 2.35. The van der Waals surface area contributed by atoms with Crippen LogP contribution in [0.4, 0.5) is 20.0 Å². The highest BCUT2D eigenvalue weighted by molar-refractivity contribution is 7.93. The Morgan fingerprint density at radius 2 is 1.95 bits per heavy atom. The van der Waals surface area contributed by atoms with Gasteiger partial charge in [0.1, 0.15) is 28.3 Å². The maximum atomic E-state index is 15.6. The molecule has 0 saturated heterocycles. The van der Waals surface area contributed by atoms with Crippen LogP contribution in [0.3, 0.4) is 0 Å². The summed E-state index contributed by atoms with van der Waals surface area (Å²) >= 11 is 7.60. The average molecular weight is 655 g/mol. The zero-order valence-electron chi connectivity index (χ0n) is 24.3. The molecule has 14 heteroatoms. The molecule has 1 amide bonds. The number of aromatic nitrogens is 1. The van der Waals surface area contributed by atoms with E-state index in [1.165, 1.54) is 33.9 Å². The average Bonchev–Trinajstić information content (AvgIpc) is 3.54. The number of benzene rings is 2. The molecule has 1 atom stereocenters. The third-order valence-electron chi connectivity index (χ3n) is 7.35. The van der Waals surface area contributed by atoms with Gasteiger partial charge in [0.2, 0.25) is 0 Å². The number of ether oxygens (including phenoxy) is 3. The number of halogens is 2. The van der Waals surface area contributed by atoms with Crippen molar-refractivity contribution >= 4 is 49.9 Å². The Kier molecular flexibility index (Phi) is 11.3. The summed E-state index contributed by atoms with van der Waals surface area (Å²) in [5, 5.41) is 7.29. The number of carbonyl (C=O) groups excluding carboxylic acids is 1. The Morgan fingerprint density at radius 3 is 2.60 bits per heavy atom. The third kappa shape index (κ3) is 8.21. The molecule has 1 fully saturated rings. The first-order valence-electron chi connectivity index (χ1n) is 13.9. The standard InChI is InChI=1S/C29H36ClFN4O6S2/c1-32-29(36)41-22(13-19-7-5-4-6-8-19)17-34-25-16-24(31)27(15-23(25)30)43(37,38)35(28-33-11-12-42-28)18-20-9-10-21(39-2)14-26(20)40-3/h9-12,14-16,19,22,34H,4-8,13,17-18H2,1-3H3,(H,32,36). The van der Waals surface area contributed by atoms with Crippen LogP contribution in [0.2, 0.25) is 5.02 Å². The number of thiazole rings is 1. The molecule has 1 unspecified atom stereocenters. The zero-order chi connectivity index (χ0) is 31.0. The number of nitrogens with one attached hydrogen (secondary N) is 2. The number of methoxy groups -OCH3 is 2. The minimum Gasteiger partial charge on any atom is -0.497 e. The minimum absolute atomic E-state index is 0.00236. The number of sulfonamides is 1. The highest BCUT2D eigenvalue weighted by atomic mass is 35.5.